The average molecular weight is 424 g/mol. The molecule has 0 fully saturated rings. The molecule has 0 amide bonds. The van der Waals surface area contributed by atoms with Crippen LogP contribution in [0.2, 0.25) is 0 Å². The fourth-order valence-corrected chi connectivity index (χ4v) is 4.25. The summed E-state index contributed by atoms with van der Waals surface area (Å²) in [5, 5.41) is 0.640. The van der Waals surface area contributed by atoms with Gasteiger partial charge in [-0.3, -0.25) is 4.79 Å². The van der Waals surface area contributed by atoms with Gasteiger partial charge in [-0.2, -0.15) is 0 Å². The molecule has 4 rings (SSSR count). The molecule has 0 aliphatic heterocycles. The Morgan fingerprint density at radius 1 is 1.10 bits per heavy atom. The van der Waals surface area contributed by atoms with Gasteiger partial charge in [-0.05, 0) is 62.2 Å². The molecule has 2 heterocycles. The van der Waals surface area contributed by atoms with Crippen LogP contribution in [0.3, 0.4) is 0 Å². The van der Waals surface area contributed by atoms with Crippen molar-refractivity contribution in [3.63, 3.8) is 0 Å². The van der Waals surface area contributed by atoms with E-state index in [4.69, 9.17) is 9.47 Å². The van der Waals surface area contributed by atoms with Crippen LogP contribution < -0.4 is 15.0 Å². The third-order valence-corrected chi connectivity index (χ3v) is 5.94. The molecule has 0 radical (unpaired) electrons. The summed E-state index contributed by atoms with van der Waals surface area (Å²) in [4.78, 5) is 21.9. The van der Waals surface area contributed by atoms with Gasteiger partial charge in [-0.1, -0.05) is 12.1 Å². The molecule has 0 aliphatic carbocycles. The van der Waals surface area contributed by atoms with Crippen LogP contribution in [0.25, 0.3) is 21.6 Å². The normalized spacial score (nSPS) is 11.1. The number of thiophene rings is 1. The van der Waals surface area contributed by atoms with Gasteiger partial charge in [0.15, 0.2) is 11.5 Å². The Hall–Kier alpha value is -3.19. The first-order valence-corrected chi connectivity index (χ1v) is 10.4. The summed E-state index contributed by atoms with van der Waals surface area (Å²) >= 11 is 1.51. The molecule has 0 atom stereocenters. The Labute approximate surface area is 177 Å². The standard InChI is InChI=1S/C23H21FN2O3S/c1-4-28-19-11-16(8-9-18(19)29-12-15-6-5-7-17(24)10-15)21-25-22(27)20-13(2)14(3)30-23(20)26-21/h5-11H,4,12H2,1-3H3,(H,25,26,27). The van der Waals surface area contributed by atoms with Gasteiger partial charge in [-0.25, -0.2) is 9.37 Å². The maximum atomic E-state index is 13.4. The molecule has 2 aromatic carbocycles. The van der Waals surface area contributed by atoms with Crippen LogP contribution in [-0.4, -0.2) is 16.6 Å². The molecule has 0 aliphatic rings. The molecular weight excluding hydrogens is 403 g/mol. The first-order chi connectivity index (χ1) is 14.5. The summed E-state index contributed by atoms with van der Waals surface area (Å²) in [6, 6.07) is 11.7. The van der Waals surface area contributed by atoms with Crippen molar-refractivity contribution < 1.29 is 13.9 Å². The summed E-state index contributed by atoms with van der Waals surface area (Å²) in [6.07, 6.45) is 0. The number of benzene rings is 2. The van der Waals surface area contributed by atoms with E-state index in [1.807, 2.05) is 26.8 Å². The summed E-state index contributed by atoms with van der Waals surface area (Å²) in [6.45, 7) is 6.46. The first kappa shape index (κ1) is 20.1. The molecule has 1 N–H and O–H groups in total. The van der Waals surface area contributed by atoms with Crippen molar-refractivity contribution in [3.8, 4) is 22.9 Å². The molecule has 0 bridgehead atoms. The third-order valence-electron chi connectivity index (χ3n) is 4.84. The number of hydrogen-bond donors (Lipinski definition) is 1. The number of halogens is 1. The molecule has 0 unspecified atom stereocenters. The summed E-state index contributed by atoms with van der Waals surface area (Å²) in [7, 11) is 0. The van der Waals surface area contributed by atoms with Crippen molar-refractivity contribution in [2.45, 2.75) is 27.4 Å². The SMILES string of the molecule is CCOc1cc(-c2nc3sc(C)c(C)c3c(=O)[nH]2)ccc1OCc1cccc(F)c1. The molecule has 0 saturated carbocycles. The summed E-state index contributed by atoms with van der Waals surface area (Å²) in [5.74, 6) is 1.25. The van der Waals surface area contributed by atoms with E-state index in [0.717, 1.165) is 21.6 Å². The second-order valence-electron chi connectivity index (χ2n) is 6.89. The van der Waals surface area contributed by atoms with Crippen molar-refractivity contribution in [1.29, 1.82) is 0 Å². The lowest BCUT2D eigenvalue weighted by molar-refractivity contribution is 0.269. The Kier molecular flexibility index (Phi) is 5.55. The number of aryl methyl sites for hydroxylation is 2. The first-order valence-electron chi connectivity index (χ1n) is 9.60. The van der Waals surface area contributed by atoms with Crippen LogP contribution in [0.15, 0.2) is 47.3 Å². The predicted molar refractivity (Wildman–Crippen MR) is 117 cm³/mol. The molecule has 0 spiro atoms. The van der Waals surface area contributed by atoms with E-state index in [0.29, 0.717) is 34.1 Å². The van der Waals surface area contributed by atoms with Gasteiger partial charge >= 0.3 is 0 Å². The van der Waals surface area contributed by atoms with Gasteiger partial charge in [0.1, 0.15) is 23.1 Å². The van der Waals surface area contributed by atoms with Gasteiger partial charge in [0, 0.05) is 10.4 Å². The molecular formula is C23H21FN2O3S. The molecule has 5 nitrogen and oxygen atoms in total. The van der Waals surface area contributed by atoms with Gasteiger partial charge in [0.2, 0.25) is 0 Å². The van der Waals surface area contributed by atoms with Crippen LogP contribution in [0.4, 0.5) is 4.39 Å². The van der Waals surface area contributed by atoms with Gasteiger partial charge in [-0.15, -0.1) is 11.3 Å². The smallest absolute Gasteiger partial charge is 0.260 e. The number of H-pyrrole nitrogens is 1. The van der Waals surface area contributed by atoms with E-state index >= 15 is 0 Å². The Morgan fingerprint density at radius 2 is 1.93 bits per heavy atom. The van der Waals surface area contributed by atoms with Crippen molar-refractivity contribution in [2.24, 2.45) is 0 Å². The highest BCUT2D eigenvalue weighted by Gasteiger charge is 2.15. The van der Waals surface area contributed by atoms with E-state index < -0.39 is 0 Å². The predicted octanol–water partition coefficient (Wildman–Crippen LogP) is 5.39. The quantitative estimate of drug-likeness (QED) is 0.451. The van der Waals surface area contributed by atoms with E-state index in [2.05, 4.69) is 9.97 Å². The van der Waals surface area contributed by atoms with Crippen molar-refractivity contribution in [1.82, 2.24) is 9.97 Å². The lowest BCUT2D eigenvalue weighted by Crippen LogP contribution is -2.09. The van der Waals surface area contributed by atoms with Crippen LogP contribution in [0.5, 0.6) is 11.5 Å². The fourth-order valence-electron chi connectivity index (χ4n) is 3.22. The fraction of sp³-hybridized carbons (Fsp3) is 0.217. The minimum absolute atomic E-state index is 0.152. The minimum Gasteiger partial charge on any atom is -0.490 e. The zero-order valence-electron chi connectivity index (χ0n) is 16.9. The average Bonchev–Trinajstić information content (AvgIpc) is 3.01. The van der Waals surface area contributed by atoms with E-state index in [-0.39, 0.29) is 18.0 Å². The number of nitrogens with zero attached hydrogens (tertiary/aromatic N) is 1. The van der Waals surface area contributed by atoms with Crippen LogP contribution in [-0.2, 0) is 6.61 Å². The van der Waals surface area contributed by atoms with Gasteiger partial charge in [0.25, 0.3) is 5.56 Å². The highest BCUT2D eigenvalue weighted by molar-refractivity contribution is 7.18. The Balaban J connectivity index is 1.67. The number of nitrogens with one attached hydrogen (secondary N) is 1. The van der Waals surface area contributed by atoms with Gasteiger partial charge < -0.3 is 14.5 Å². The molecule has 0 saturated heterocycles. The zero-order chi connectivity index (χ0) is 21.3. The van der Waals surface area contributed by atoms with Crippen molar-refractivity contribution in [2.75, 3.05) is 6.61 Å². The van der Waals surface area contributed by atoms with Crippen molar-refractivity contribution >= 4 is 21.6 Å². The van der Waals surface area contributed by atoms with E-state index in [1.54, 1.807) is 24.3 Å². The highest BCUT2D eigenvalue weighted by Crippen LogP contribution is 2.33. The summed E-state index contributed by atoms with van der Waals surface area (Å²) < 4.78 is 25.0. The topological polar surface area (TPSA) is 64.2 Å². The van der Waals surface area contributed by atoms with E-state index in [9.17, 15) is 9.18 Å². The minimum atomic E-state index is -0.305. The van der Waals surface area contributed by atoms with Crippen LogP contribution >= 0.6 is 11.3 Å². The lowest BCUT2D eigenvalue weighted by Gasteiger charge is -2.13. The summed E-state index contributed by atoms with van der Waals surface area (Å²) in [5.41, 5.74) is 2.26. The number of aromatic nitrogens is 2. The van der Waals surface area contributed by atoms with Gasteiger partial charge in [0.05, 0.1) is 12.0 Å². The molecule has 30 heavy (non-hydrogen) atoms. The largest absolute Gasteiger partial charge is 0.490 e. The Bertz CT molecular complexity index is 1280. The number of rotatable bonds is 6. The van der Waals surface area contributed by atoms with E-state index in [1.165, 1.54) is 23.5 Å². The molecule has 4 aromatic rings. The van der Waals surface area contributed by atoms with Crippen molar-refractivity contribution in [3.05, 3.63) is 74.6 Å². The highest BCUT2D eigenvalue weighted by atomic mass is 32.1. The monoisotopic (exact) mass is 424 g/mol. The number of aromatic amines is 1. The third kappa shape index (κ3) is 3.93. The Morgan fingerprint density at radius 3 is 2.70 bits per heavy atom. The molecule has 2 aromatic heterocycles. The van der Waals surface area contributed by atoms with Crippen LogP contribution in [0.1, 0.15) is 22.9 Å². The maximum Gasteiger partial charge on any atom is 0.260 e. The maximum absolute atomic E-state index is 13.4. The second kappa shape index (κ2) is 8.28. The zero-order valence-corrected chi connectivity index (χ0v) is 17.7. The molecule has 7 heteroatoms. The number of ether oxygens (including phenoxy) is 2. The second-order valence-corrected chi connectivity index (χ2v) is 8.09. The van der Waals surface area contributed by atoms with Crippen LogP contribution in [0, 0.1) is 19.7 Å². The number of hydrogen-bond acceptors (Lipinski definition) is 5. The lowest BCUT2D eigenvalue weighted by atomic mass is 10.1. The number of fused-ring (bicyclic) bond motifs is 1. The molecule has 154 valence electrons.